The summed E-state index contributed by atoms with van der Waals surface area (Å²) in [5.74, 6) is 0. The van der Waals surface area contributed by atoms with Gasteiger partial charge in [0.25, 0.3) is 0 Å². The fourth-order valence-electron chi connectivity index (χ4n) is 0.621. The molecule has 0 saturated heterocycles. The number of hydrogen-bond donors (Lipinski definition) is 1. The molecule has 9 heavy (non-hydrogen) atoms. The quantitative estimate of drug-likeness (QED) is 0.450. The molecule has 0 aromatic heterocycles. The predicted octanol–water partition coefficient (Wildman–Crippen LogP) is 2.96. The first-order chi connectivity index (χ1) is 4.43. The Morgan fingerprint density at radius 2 is 2.33 bits per heavy atom. The fraction of sp³-hybridized carbons (Fsp3) is 0.143. The Morgan fingerprint density at radius 1 is 1.44 bits per heavy atom. The van der Waals surface area contributed by atoms with E-state index in [1.54, 1.807) is 0 Å². The van der Waals surface area contributed by atoms with Gasteiger partial charge in [-0.25, -0.2) is 0 Å². The first-order valence-corrected chi connectivity index (χ1v) is 4.65. The molecular weight excluding hydrogens is 148 g/mol. The zero-order valence-corrected chi connectivity index (χ0v) is 6.66. The van der Waals surface area contributed by atoms with Crippen molar-refractivity contribution in [3.63, 3.8) is 0 Å². The maximum atomic E-state index is 4.07. The van der Waals surface area contributed by atoms with Crippen molar-refractivity contribution in [3.8, 4) is 0 Å². The van der Waals surface area contributed by atoms with Gasteiger partial charge in [0.05, 0.1) is 0 Å². The topological polar surface area (TPSA) is 0 Å². The number of allylic oxidation sites excluding steroid dienone is 5. The van der Waals surface area contributed by atoms with Gasteiger partial charge in [0.2, 0.25) is 0 Å². The molecular formula is C7H8S2. The molecule has 0 bridgehead atoms. The Hall–Kier alpha value is -0.0800. The molecule has 0 spiro atoms. The Balaban J connectivity index is 2.67. The third-order valence-electron chi connectivity index (χ3n) is 1.06. The van der Waals surface area contributed by atoms with E-state index in [9.17, 15) is 0 Å². The molecule has 0 amide bonds. The maximum absolute atomic E-state index is 4.07. The highest BCUT2D eigenvalue weighted by Crippen LogP contribution is 2.21. The number of rotatable bonds is 1. The highest BCUT2D eigenvalue weighted by atomic mass is 33.1. The second-order valence-corrected chi connectivity index (χ2v) is 2.93. The minimum absolute atomic E-state index is 1.04. The van der Waals surface area contributed by atoms with Gasteiger partial charge >= 0.3 is 0 Å². The average Bonchev–Trinajstić information content (AvgIpc) is 2.13. The minimum Gasteiger partial charge on any atom is -0.106 e. The normalized spacial score (nSPS) is 17.2. The highest BCUT2D eigenvalue weighted by molar-refractivity contribution is 8.70. The van der Waals surface area contributed by atoms with Crippen molar-refractivity contribution in [1.29, 1.82) is 0 Å². The molecule has 0 nitrogen and oxygen atoms in total. The van der Waals surface area contributed by atoms with Gasteiger partial charge in [0.15, 0.2) is 0 Å². The summed E-state index contributed by atoms with van der Waals surface area (Å²) in [5.41, 5.74) is 0. The Kier molecular flexibility index (Phi) is 3.01. The smallest absolute Gasteiger partial charge is 0.0177 e. The minimum atomic E-state index is 1.04. The molecule has 1 aliphatic carbocycles. The molecule has 0 unspecified atom stereocenters. The van der Waals surface area contributed by atoms with Gasteiger partial charge in [-0.05, 0) is 12.5 Å². The third-order valence-corrected chi connectivity index (χ3v) is 2.17. The van der Waals surface area contributed by atoms with Crippen molar-refractivity contribution in [2.75, 3.05) is 0 Å². The van der Waals surface area contributed by atoms with Gasteiger partial charge < -0.3 is 0 Å². The zero-order valence-electron chi connectivity index (χ0n) is 4.95. The molecule has 2 heteroatoms. The molecule has 0 aromatic carbocycles. The van der Waals surface area contributed by atoms with Crippen LogP contribution in [0.25, 0.3) is 0 Å². The van der Waals surface area contributed by atoms with Crippen LogP contribution in [0.5, 0.6) is 0 Å². The van der Waals surface area contributed by atoms with Crippen molar-refractivity contribution < 1.29 is 0 Å². The van der Waals surface area contributed by atoms with Crippen molar-refractivity contribution in [3.05, 3.63) is 35.3 Å². The fourth-order valence-corrected chi connectivity index (χ4v) is 1.28. The second-order valence-electron chi connectivity index (χ2n) is 1.73. The Labute approximate surface area is 64.5 Å². The third kappa shape index (κ3) is 2.33. The predicted molar refractivity (Wildman–Crippen MR) is 47.6 cm³/mol. The first kappa shape index (κ1) is 7.03. The summed E-state index contributed by atoms with van der Waals surface area (Å²) in [4.78, 5) is 1.20. The standard InChI is InChI=1S/C7H8S2/c8-9-7-5-3-1-2-4-6-7/h1,3-6,8H,2H2. The molecule has 48 valence electrons. The molecule has 0 N–H and O–H groups in total. The summed E-state index contributed by atoms with van der Waals surface area (Å²) < 4.78 is 0. The van der Waals surface area contributed by atoms with Crippen LogP contribution >= 0.6 is 22.5 Å². The lowest BCUT2D eigenvalue weighted by Crippen LogP contribution is -1.59. The monoisotopic (exact) mass is 156 g/mol. The molecule has 0 aliphatic heterocycles. The van der Waals surface area contributed by atoms with Crippen molar-refractivity contribution in [2.45, 2.75) is 6.42 Å². The summed E-state index contributed by atoms with van der Waals surface area (Å²) in [6.45, 7) is 0. The first-order valence-electron chi connectivity index (χ1n) is 2.78. The molecule has 0 heterocycles. The van der Waals surface area contributed by atoms with E-state index in [1.807, 2.05) is 0 Å². The lowest BCUT2D eigenvalue weighted by atomic mass is 10.4. The van der Waals surface area contributed by atoms with Crippen molar-refractivity contribution in [1.82, 2.24) is 0 Å². The van der Waals surface area contributed by atoms with Crippen LogP contribution in [0.1, 0.15) is 6.42 Å². The summed E-state index contributed by atoms with van der Waals surface area (Å²) in [6, 6.07) is 0. The van der Waals surface area contributed by atoms with E-state index < -0.39 is 0 Å². The van der Waals surface area contributed by atoms with E-state index in [0.717, 1.165) is 6.42 Å². The van der Waals surface area contributed by atoms with Crippen LogP contribution in [0.4, 0.5) is 0 Å². The van der Waals surface area contributed by atoms with E-state index in [0.29, 0.717) is 0 Å². The second kappa shape index (κ2) is 3.85. The van der Waals surface area contributed by atoms with Gasteiger partial charge in [-0.15, -0.1) is 11.7 Å². The lowest BCUT2D eigenvalue weighted by molar-refractivity contribution is 1.41. The van der Waals surface area contributed by atoms with Gasteiger partial charge in [-0.1, -0.05) is 35.1 Å². The van der Waals surface area contributed by atoms with E-state index in [1.165, 1.54) is 15.7 Å². The average molecular weight is 156 g/mol. The molecule has 0 atom stereocenters. The number of hydrogen-bond acceptors (Lipinski definition) is 2. The van der Waals surface area contributed by atoms with Crippen LogP contribution < -0.4 is 0 Å². The van der Waals surface area contributed by atoms with Crippen LogP contribution in [0, 0.1) is 0 Å². The highest BCUT2D eigenvalue weighted by Gasteiger charge is 1.87. The van der Waals surface area contributed by atoms with Gasteiger partial charge in [-0.3, -0.25) is 0 Å². The molecule has 0 radical (unpaired) electrons. The van der Waals surface area contributed by atoms with E-state index in [-0.39, 0.29) is 0 Å². The van der Waals surface area contributed by atoms with E-state index in [2.05, 4.69) is 42.0 Å². The van der Waals surface area contributed by atoms with Crippen LogP contribution in [0.15, 0.2) is 35.3 Å². The SMILES string of the molecule is SSC1=CC=CCC=C1. The van der Waals surface area contributed by atoms with Gasteiger partial charge in [0.1, 0.15) is 0 Å². The number of thiol groups is 1. The largest absolute Gasteiger partial charge is 0.106 e. The Bertz CT molecular complexity index is 166. The maximum Gasteiger partial charge on any atom is 0.0177 e. The molecule has 1 aliphatic rings. The summed E-state index contributed by atoms with van der Waals surface area (Å²) >= 11 is 4.07. The van der Waals surface area contributed by atoms with Gasteiger partial charge in [0, 0.05) is 4.91 Å². The Morgan fingerprint density at radius 3 is 3.11 bits per heavy atom. The molecule has 0 aromatic rings. The van der Waals surface area contributed by atoms with Crippen LogP contribution in [-0.4, -0.2) is 0 Å². The zero-order chi connectivity index (χ0) is 6.53. The van der Waals surface area contributed by atoms with Gasteiger partial charge in [-0.2, -0.15) is 0 Å². The van der Waals surface area contributed by atoms with Crippen molar-refractivity contribution in [2.24, 2.45) is 0 Å². The van der Waals surface area contributed by atoms with Crippen LogP contribution in [-0.2, 0) is 0 Å². The molecule has 1 rings (SSSR count). The van der Waals surface area contributed by atoms with E-state index in [4.69, 9.17) is 0 Å². The lowest BCUT2D eigenvalue weighted by Gasteiger charge is -1.87. The molecule has 0 fully saturated rings. The molecule has 0 saturated carbocycles. The van der Waals surface area contributed by atoms with Crippen molar-refractivity contribution >= 4 is 22.5 Å². The van der Waals surface area contributed by atoms with Crippen LogP contribution in [0.3, 0.4) is 0 Å². The summed E-state index contributed by atoms with van der Waals surface area (Å²) in [5, 5.41) is 0. The van der Waals surface area contributed by atoms with Crippen LogP contribution in [0.2, 0.25) is 0 Å². The summed E-state index contributed by atoms with van der Waals surface area (Å²) in [6.07, 6.45) is 11.5. The van der Waals surface area contributed by atoms with E-state index >= 15 is 0 Å². The summed E-state index contributed by atoms with van der Waals surface area (Å²) in [7, 11) is 1.48.